The van der Waals surface area contributed by atoms with E-state index in [1.165, 1.54) is 27.8 Å². The zero-order valence-electron chi connectivity index (χ0n) is 14.2. The summed E-state index contributed by atoms with van der Waals surface area (Å²) in [4.78, 5) is 0. The first kappa shape index (κ1) is 16.4. The molecule has 0 radical (unpaired) electrons. The molecular weight excluding hydrogens is 308 g/mol. The van der Waals surface area contributed by atoms with Gasteiger partial charge in [-0.25, -0.2) is 0 Å². The molecule has 0 bridgehead atoms. The van der Waals surface area contributed by atoms with Gasteiger partial charge in [-0.1, -0.05) is 29.3 Å². The lowest BCUT2D eigenvalue weighted by molar-refractivity contribution is 0.0852. The highest BCUT2D eigenvalue weighted by molar-refractivity contribution is 6.32. The van der Waals surface area contributed by atoms with Crippen LogP contribution in [-0.2, 0) is 4.74 Å². The molecule has 1 fully saturated rings. The molecule has 4 heteroatoms. The lowest BCUT2D eigenvalue weighted by Crippen LogP contribution is -2.17. The molecule has 1 aliphatic rings. The van der Waals surface area contributed by atoms with Crippen molar-refractivity contribution in [1.29, 1.82) is 0 Å². The molecule has 1 saturated heterocycles. The Morgan fingerprint density at radius 3 is 2.17 bits per heavy atom. The molecular formula is C19H23ClN2O. The second kappa shape index (κ2) is 6.58. The lowest BCUT2D eigenvalue weighted by atomic mass is 9.83. The Balaban J connectivity index is 2.25. The average Bonchev–Trinajstić information content (AvgIpc) is 2.50. The van der Waals surface area contributed by atoms with Gasteiger partial charge in [0, 0.05) is 18.8 Å². The number of aryl methyl sites for hydroxylation is 4. The van der Waals surface area contributed by atoms with Crippen LogP contribution in [0, 0.1) is 27.7 Å². The fourth-order valence-corrected chi connectivity index (χ4v) is 4.05. The molecule has 3 nitrogen and oxygen atoms in total. The Labute approximate surface area is 143 Å². The number of benzene rings is 1. The molecule has 0 spiro atoms. The SMILES string of the molecule is Cc1cc(C)c(-c2c(Cl)nnc(C)c2C2CCOCC2)c(C)c1. The molecule has 0 saturated carbocycles. The highest BCUT2D eigenvalue weighted by Gasteiger charge is 2.26. The zero-order chi connectivity index (χ0) is 16.6. The number of ether oxygens (including phenoxy) is 1. The molecule has 1 aliphatic heterocycles. The van der Waals surface area contributed by atoms with Gasteiger partial charge in [0.05, 0.1) is 5.69 Å². The van der Waals surface area contributed by atoms with Crippen molar-refractivity contribution < 1.29 is 4.74 Å². The highest BCUT2D eigenvalue weighted by atomic mass is 35.5. The third kappa shape index (κ3) is 3.13. The quantitative estimate of drug-likeness (QED) is 0.783. The number of hydrogen-bond acceptors (Lipinski definition) is 3. The predicted molar refractivity (Wildman–Crippen MR) is 94.2 cm³/mol. The van der Waals surface area contributed by atoms with E-state index in [9.17, 15) is 0 Å². The minimum atomic E-state index is 0.437. The minimum absolute atomic E-state index is 0.437. The Morgan fingerprint density at radius 1 is 0.957 bits per heavy atom. The first-order chi connectivity index (χ1) is 11.0. The van der Waals surface area contributed by atoms with Crippen molar-refractivity contribution in [3.05, 3.63) is 45.2 Å². The van der Waals surface area contributed by atoms with Crippen LogP contribution >= 0.6 is 11.6 Å². The van der Waals surface area contributed by atoms with E-state index < -0.39 is 0 Å². The third-order valence-electron chi connectivity index (χ3n) is 4.71. The van der Waals surface area contributed by atoms with E-state index >= 15 is 0 Å². The van der Waals surface area contributed by atoms with Crippen LogP contribution < -0.4 is 0 Å². The standard InChI is InChI=1S/C19H23ClN2O/c1-11-9-12(2)16(13(3)10-11)18-17(14(4)21-22-19(18)20)15-5-7-23-8-6-15/h9-10,15H,5-8H2,1-4H3. The Bertz CT molecular complexity index is 713. The topological polar surface area (TPSA) is 35.0 Å². The van der Waals surface area contributed by atoms with Crippen LogP contribution in [0.3, 0.4) is 0 Å². The van der Waals surface area contributed by atoms with Crippen LogP contribution in [0.4, 0.5) is 0 Å². The number of aromatic nitrogens is 2. The van der Waals surface area contributed by atoms with E-state index in [1.54, 1.807) is 0 Å². The average molecular weight is 331 g/mol. The number of rotatable bonds is 2. The first-order valence-electron chi connectivity index (χ1n) is 8.17. The predicted octanol–water partition coefficient (Wildman–Crippen LogP) is 4.92. The van der Waals surface area contributed by atoms with E-state index in [-0.39, 0.29) is 0 Å². The van der Waals surface area contributed by atoms with Gasteiger partial charge in [0.15, 0.2) is 5.15 Å². The second-order valence-corrected chi connectivity index (χ2v) is 6.88. The molecule has 0 aliphatic carbocycles. The maximum absolute atomic E-state index is 6.53. The summed E-state index contributed by atoms with van der Waals surface area (Å²) < 4.78 is 5.53. The first-order valence-corrected chi connectivity index (χ1v) is 8.55. The van der Waals surface area contributed by atoms with Crippen molar-refractivity contribution in [1.82, 2.24) is 10.2 Å². The van der Waals surface area contributed by atoms with Gasteiger partial charge in [0.2, 0.25) is 0 Å². The molecule has 1 aromatic carbocycles. The summed E-state index contributed by atoms with van der Waals surface area (Å²) >= 11 is 6.53. The van der Waals surface area contributed by atoms with Crippen LogP contribution in [0.5, 0.6) is 0 Å². The van der Waals surface area contributed by atoms with Gasteiger partial charge in [0.1, 0.15) is 0 Å². The third-order valence-corrected chi connectivity index (χ3v) is 4.97. The van der Waals surface area contributed by atoms with Gasteiger partial charge in [-0.3, -0.25) is 0 Å². The number of nitrogens with zero attached hydrogens (tertiary/aromatic N) is 2. The highest BCUT2D eigenvalue weighted by Crippen LogP contribution is 2.41. The summed E-state index contributed by atoms with van der Waals surface area (Å²) in [7, 11) is 0. The minimum Gasteiger partial charge on any atom is -0.381 e. The largest absolute Gasteiger partial charge is 0.381 e. The smallest absolute Gasteiger partial charge is 0.159 e. The Morgan fingerprint density at radius 2 is 1.57 bits per heavy atom. The molecule has 0 N–H and O–H groups in total. The second-order valence-electron chi connectivity index (χ2n) is 6.53. The summed E-state index contributed by atoms with van der Waals surface area (Å²) in [6.07, 6.45) is 2.03. The van der Waals surface area contributed by atoms with Crippen LogP contribution in [0.1, 0.15) is 46.7 Å². The molecule has 0 amide bonds. The van der Waals surface area contributed by atoms with Crippen molar-refractivity contribution in [3.8, 4) is 11.1 Å². The van der Waals surface area contributed by atoms with Gasteiger partial charge in [-0.05, 0) is 68.7 Å². The fourth-order valence-electron chi connectivity index (χ4n) is 3.81. The van der Waals surface area contributed by atoms with Crippen LogP contribution in [0.15, 0.2) is 12.1 Å². The fraction of sp³-hybridized carbons (Fsp3) is 0.474. The van der Waals surface area contributed by atoms with Crippen LogP contribution in [-0.4, -0.2) is 23.4 Å². The molecule has 3 rings (SSSR count). The van der Waals surface area contributed by atoms with E-state index in [0.29, 0.717) is 11.1 Å². The van der Waals surface area contributed by atoms with Gasteiger partial charge in [-0.15, -0.1) is 5.10 Å². The molecule has 2 heterocycles. The number of hydrogen-bond donors (Lipinski definition) is 0. The summed E-state index contributed by atoms with van der Waals surface area (Å²) in [6, 6.07) is 4.42. The molecule has 0 unspecified atom stereocenters. The van der Waals surface area contributed by atoms with Gasteiger partial charge in [-0.2, -0.15) is 5.10 Å². The molecule has 1 aromatic heterocycles. The zero-order valence-corrected chi connectivity index (χ0v) is 15.0. The Kier molecular flexibility index (Phi) is 4.69. The van der Waals surface area contributed by atoms with Crippen molar-refractivity contribution in [2.24, 2.45) is 0 Å². The maximum Gasteiger partial charge on any atom is 0.159 e. The van der Waals surface area contributed by atoms with E-state index in [1.807, 2.05) is 6.92 Å². The van der Waals surface area contributed by atoms with Crippen LogP contribution in [0.2, 0.25) is 5.15 Å². The molecule has 23 heavy (non-hydrogen) atoms. The van der Waals surface area contributed by atoms with Gasteiger partial charge < -0.3 is 4.74 Å². The van der Waals surface area contributed by atoms with Gasteiger partial charge >= 0.3 is 0 Å². The normalized spacial score (nSPS) is 15.9. The monoisotopic (exact) mass is 330 g/mol. The molecule has 122 valence electrons. The van der Waals surface area contributed by atoms with E-state index in [2.05, 4.69) is 43.1 Å². The van der Waals surface area contributed by atoms with Crippen molar-refractivity contribution >= 4 is 11.6 Å². The number of halogens is 1. The van der Waals surface area contributed by atoms with Gasteiger partial charge in [0.25, 0.3) is 0 Å². The lowest BCUT2D eigenvalue weighted by Gasteiger charge is -2.27. The van der Waals surface area contributed by atoms with Crippen LogP contribution in [0.25, 0.3) is 11.1 Å². The van der Waals surface area contributed by atoms with E-state index in [0.717, 1.165) is 37.3 Å². The molecule has 0 atom stereocenters. The van der Waals surface area contributed by atoms with Crippen molar-refractivity contribution in [2.75, 3.05) is 13.2 Å². The Hall–Kier alpha value is -1.45. The van der Waals surface area contributed by atoms with E-state index in [4.69, 9.17) is 16.3 Å². The summed E-state index contributed by atoms with van der Waals surface area (Å²) in [5.74, 6) is 0.437. The van der Waals surface area contributed by atoms with Crippen molar-refractivity contribution in [3.63, 3.8) is 0 Å². The molecule has 2 aromatic rings. The van der Waals surface area contributed by atoms with Crippen molar-refractivity contribution in [2.45, 2.75) is 46.5 Å². The summed E-state index contributed by atoms with van der Waals surface area (Å²) in [5, 5.41) is 9.00. The maximum atomic E-state index is 6.53. The summed E-state index contributed by atoms with van der Waals surface area (Å²) in [5.41, 5.74) is 8.27. The summed E-state index contributed by atoms with van der Waals surface area (Å²) in [6.45, 7) is 10.1.